The first-order chi connectivity index (χ1) is 5.97. The third kappa shape index (κ3) is 5200. The van der Waals surface area contributed by atoms with Crippen molar-refractivity contribution in [2.75, 3.05) is 19.8 Å². The molecule has 0 saturated carbocycles. The van der Waals surface area contributed by atoms with Crippen molar-refractivity contribution in [1.29, 1.82) is 0 Å². The number of carbonyl (C=O) groups excluding carboxylic acids is 1. The third-order valence-electron chi connectivity index (χ3n) is 0. The Morgan fingerprint density at radius 3 is 0.846 bits per heavy atom. The molecule has 0 fully saturated rings. The van der Waals surface area contributed by atoms with Gasteiger partial charge in [-0.05, 0) is 34.6 Å². The summed E-state index contributed by atoms with van der Waals surface area (Å²) < 4.78 is 0. The zero-order valence-corrected chi connectivity index (χ0v) is 9.37. The molecule has 0 aromatic carbocycles. The zero-order chi connectivity index (χ0) is 11.7. The Bertz CT molecular complexity index is 55.9. The van der Waals surface area contributed by atoms with E-state index in [0.717, 1.165) is 0 Å². The summed E-state index contributed by atoms with van der Waals surface area (Å²) in [7, 11) is 0. The molecule has 0 aliphatic carbocycles. The Hall–Kier alpha value is -0.450. The van der Waals surface area contributed by atoms with Crippen LogP contribution in [-0.2, 0) is 4.79 Å². The monoisotopic (exact) mass is 196 g/mol. The molecular formula is C9H24O4. The molecule has 13 heavy (non-hydrogen) atoms. The molecule has 0 aliphatic rings. The largest absolute Gasteiger partial charge is 0.397 e. The normalized spacial score (nSPS) is 6.15. The number of carbonyl (C=O) groups is 1. The van der Waals surface area contributed by atoms with Gasteiger partial charge in [0.2, 0.25) is 0 Å². The topological polar surface area (TPSA) is 77.8 Å². The molecule has 0 aromatic heterocycles. The standard InChI is InChI=1S/C3H6O.3C2H6O/c1-3(2)4;3*1-2-3/h1-2H3;3*3H,2H2,1H3. The summed E-state index contributed by atoms with van der Waals surface area (Å²) in [6.45, 7) is 8.85. The van der Waals surface area contributed by atoms with Gasteiger partial charge < -0.3 is 20.1 Å². The molecule has 4 nitrogen and oxygen atoms in total. The van der Waals surface area contributed by atoms with E-state index in [9.17, 15) is 4.79 Å². The minimum Gasteiger partial charge on any atom is -0.397 e. The molecule has 84 valence electrons. The number of Topliss-reactive ketones (excluding diaryl/α,β-unsaturated/α-hetero) is 1. The maximum atomic E-state index is 9.44. The molecule has 0 rings (SSSR count). The van der Waals surface area contributed by atoms with Crippen molar-refractivity contribution >= 4 is 5.78 Å². The summed E-state index contributed by atoms with van der Waals surface area (Å²) in [4.78, 5) is 9.44. The Morgan fingerprint density at radius 1 is 0.846 bits per heavy atom. The van der Waals surface area contributed by atoms with E-state index >= 15 is 0 Å². The molecule has 0 aromatic rings. The van der Waals surface area contributed by atoms with Crippen molar-refractivity contribution in [2.24, 2.45) is 0 Å². The van der Waals surface area contributed by atoms with Gasteiger partial charge in [-0.15, -0.1) is 0 Å². The van der Waals surface area contributed by atoms with Gasteiger partial charge in [-0.1, -0.05) is 0 Å². The average Bonchev–Trinajstić information content (AvgIpc) is 1.88. The summed E-state index contributed by atoms with van der Waals surface area (Å²) in [6.07, 6.45) is 0. The second-order valence-electron chi connectivity index (χ2n) is 1.86. The Labute approximate surface area is 81.2 Å². The van der Waals surface area contributed by atoms with Gasteiger partial charge in [0.25, 0.3) is 0 Å². The highest BCUT2D eigenvalue weighted by Crippen LogP contribution is 1.50. The fraction of sp³-hybridized carbons (Fsp3) is 0.889. The first-order valence-electron chi connectivity index (χ1n) is 4.27. The van der Waals surface area contributed by atoms with Crippen molar-refractivity contribution in [3.63, 3.8) is 0 Å². The highest BCUT2D eigenvalue weighted by atomic mass is 16.3. The number of hydrogen-bond acceptors (Lipinski definition) is 4. The Morgan fingerprint density at radius 2 is 0.846 bits per heavy atom. The van der Waals surface area contributed by atoms with Crippen LogP contribution in [0.2, 0.25) is 0 Å². The highest BCUT2D eigenvalue weighted by Gasteiger charge is 1.62. The SMILES string of the molecule is CC(C)=O.CCO.CCO.CCO. The van der Waals surface area contributed by atoms with Crippen molar-refractivity contribution in [3.05, 3.63) is 0 Å². The molecule has 0 spiro atoms. The van der Waals surface area contributed by atoms with Crippen LogP contribution in [0.3, 0.4) is 0 Å². The Kier molecular flexibility index (Phi) is 73.5. The van der Waals surface area contributed by atoms with E-state index in [-0.39, 0.29) is 25.6 Å². The quantitative estimate of drug-likeness (QED) is 0.530. The van der Waals surface area contributed by atoms with Crippen LogP contribution < -0.4 is 0 Å². The van der Waals surface area contributed by atoms with Gasteiger partial charge in [-0.25, -0.2) is 0 Å². The van der Waals surface area contributed by atoms with E-state index in [1.807, 2.05) is 0 Å². The molecule has 0 amide bonds. The fourth-order valence-corrected chi connectivity index (χ4v) is 0. The van der Waals surface area contributed by atoms with Crippen LogP contribution in [0.15, 0.2) is 0 Å². The van der Waals surface area contributed by atoms with Crippen LogP contribution in [0.25, 0.3) is 0 Å². The van der Waals surface area contributed by atoms with Gasteiger partial charge in [-0.3, -0.25) is 0 Å². The van der Waals surface area contributed by atoms with Crippen molar-refractivity contribution in [2.45, 2.75) is 34.6 Å². The van der Waals surface area contributed by atoms with Crippen molar-refractivity contribution < 1.29 is 20.1 Å². The molecule has 0 saturated heterocycles. The maximum absolute atomic E-state index is 9.44. The molecule has 0 bridgehead atoms. The van der Waals surface area contributed by atoms with Crippen LogP contribution >= 0.6 is 0 Å². The van der Waals surface area contributed by atoms with Crippen LogP contribution in [0.5, 0.6) is 0 Å². The number of hydrogen-bond donors (Lipinski definition) is 3. The highest BCUT2D eigenvalue weighted by molar-refractivity contribution is 5.72. The van der Waals surface area contributed by atoms with E-state index in [0.29, 0.717) is 0 Å². The van der Waals surface area contributed by atoms with Gasteiger partial charge in [0.15, 0.2) is 0 Å². The summed E-state index contributed by atoms with van der Waals surface area (Å²) in [5.74, 6) is 0.167. The lowest BCUT2D eigenvalue weighted by molar-refractivity contribution is -0.114. The van der Waals surface area contributed by atoms with Gasteiger partial charge in [0, 0.05) is 19.8 Å². The predicted molar refractivity (Wildman–Crippen MR) is 54.6 cm³/mol. The lowest BCUT2D eigenvalue weighted by atomic mass is 10.6. The van der Waals surface area contributed by atoms with Gasteiger partial charge in [0.05, 0.1) is 0 Å². The van der Waals surface area contributed by atoms with Crippen LogP contribution in [-0.4, -0.2) is 40.9 Å². The van der Waals surface area contributed by atoms with Crippen molar-refractivity contribution in [1.82, 2.24) is 0 Å². The molecule has 3 N–H and O–H groups in total. The molecule has 0 radical (unpaired) electrons. The van der Waals surface area contributed by atoms with E-state index in [1.54, 1.807) is 20.8 Å². The number of ketones is 1. The zero-order valence-electron chi connectivity index (χ0n) is 9.37. The van der Waals surface area contributed by atoms with Crippen LogP contribution in [0, 0.1) is 0 Å². The van der Waals surface area contributed by atoms with E-state index in [1.165, 1.54) is 13.8 Å². The molecule has 0 heterocycles. The second-order valence-corrected chi connectivity index (χ2v) is 1.86. The first-order valence-corrected chi connectivity index (χ1v) is 4.27. The lowest BCUT2D eigenvalue weighted by Gasteiger charge is -1.56. The van der Waals surface area contributed by atoms with Crippen molar-refractivity contribution in [3.8, 4) is 0 Å². The number of aliphatic hydroxyl groups excluding tert-OH is 3. The fourth-order valence-electron chi connectivity index (χ4n) is 0. The molecule has 4 heteroatoms. The van der Waals surface area contributed by atoms with Crippen LogP contribution in [0.1, 0.15) is 34.6 Å². The van der Waals surface area contributed by atoms with E-state index in [4.69, 9.17) is 15.3 Å². The smallest absolute Gasteiger partial charge is 0.126 e. The number of aliphatic hydroxyl groups is 3. The first kappa shape index (κ1) is 22.9. The number of rotatable bonds is 0. The third-order valence-corrected chi connectivity index (χ3v) is 0. The van der Waals surface area contributed by atoms with Gasteiger partial charge in [0.1, 0.15) is 5.78 Å². The summed E-state index contributed by atoms with van der Waals surface area (Å²) in [5.41, 5.74) is 0. The minimum absolute atomic E-state index is 0.167. The Balaban J connectivity index is -0.0000000420. The summed E-state index contributed by atoms with van der Waals surface area (Å²) in [6, 6.07) is 0. The molecule has 0 unspecified atom stereocenters. The second kappa shape index (κ2) is 41.7. The van der Waals surface area contributed by atoms with Crippen LogP contribution in [0.4, 0.5) is 0 Å². The van der Waals surface area contributed by atoms with Gasteiger partial charge >= 0.3 is 0 Å². The average molecular weight is 196 g/mol. The maximum Gasteiger partial charge on any atom is 0.126 e. The van der Waals surface area contributed by atoms with Gasteiger partial charge in [-0.2, -0.15) is 0 Å². The summed E-state index contributed by atoms with van der Waals surface area (Å²) in [5, 5.41) is 22.7. The minimum atomic E-state index is 0.167. The van der Waals surface area contributed by atoms with E-state index < -0.39 is 0 Å². The molecule has 0 aliphatic heterocycles. The molecular weight excluding hydrogens is 172 g/mol. The molecule has 0 atom stereocenters. The predicted octanol–water partition coefficient (Wildman–Crippen LogP) is 0.591. The van der Waals surface area contributed by atoms with E-state index in [2.05, 4.69) is 0 Å². The summed E-state index contributed by atoms with van der Waals surface area (Å²) >= 11 is 0. The lowest BCUT2D eigenvalue weighted by Crippen LogP contribution is -1.69.